The Morgan fingerprint density at radius 3 is 2.57 bits per heavy atom. The highest BCUT2D eigenvalue weighted by Gasteiger charge is 2.09. The molecule has 0 N–H and O–H groups in total. The molecule has 3 aromatic rings. The topological polar surface area (TPSA) is 48.3 Å². The number of hydrogen-bond acceptors (Lipinski definition) is 4. The second-order valence-electron chi connectivity index (χ2n) is 4.57. The van der Waals surface area contributed by atoms with Crippen molar-refractivity contribution in [2.24, 2.45) is 0 Å². The monoisotopic (exact) mass is 299 g/mol. The van der Waals surface area contributed by atoms with Crippen LogP contribution in [0.15, 0.2) is 59.4 Å². The molecule has 0 aliphatic rings. The zero-order chi connectivity index (χ0) is 14.7. The molecule has 4 nitrogen and oxygen atoms in total. The van der Waals surface area contributed by atoms with E-state index in [4.69, 9.17) is 4.74 Å². The molecule has 0 radical (unpaired) electrons. The number of aromatic nitrogens is 1. The van der Waals surface area contributed by atoms with E-state index < -0.39 is 0 Å². The number of esters is 1. The van der Waals surface area contributed by atoms with E-state index in [2.05, 4.69) is 0 Å². The first kappa shape index (κ1) is 13.6. The number of ether oxygens (including phenoxy) is 1. The summed E-state index contributed by atoms with van der Waals surface area (Å²) in [4.78, 5) is 23.6. The summed E-state index contributed by atoms with van der Waals surface area (Å²) in [6, 6.07) is 16.8. The van der Waals surface area contributed by atoms with Gasteiger partial charge in [0.25, 0.3) is 0 Å². The molecule has 0 aliphatic carbocycles. The minimum atomic E-state index is -0.344. The lowest BCUT2D eigenvalue weighted by atomic mass is 10.2. The van der Waals surface area contributed by atoms with E-state index in [1.807, 2.05) is 54.6 Å². The number of benzene rings is 2. The van der Waals surface area contributed by atoms with Crippen molar-refractivity contribution in [1.29, 1.82) is 0 Å². The summed E-state index contributed by atoms with van der Waals surface area (Å²) in [7, 11) is 0. The van der Waals surface area contributed by atoms with Crippen LogP contribution >= 0.6 is 11.3 Å². The van der Waals surface area contributed by atoms with Gasteiger partial charge in [0.05, 0.1) is 16.6 Å². The van der Waals surface area contributed by atoms with Crippen molar-refractivity contribution in [2.45, 2.75) is 13.2 Å². The van der Waals surface area contributed by atoms with Crippen LogP contribution in [0.5, 0.6) is 0 Å². The van der Waals surface area contributed by atoms with Gasteiger partial charge < -0.3 is 4.74 Å². The molecule has 0 saturated heterocycles. The molecule has 0 atom stereocenters. The Balaban J connectivity index is 1.71. The van der Waals surface area contributed by atoms with Crippen LogP contribution in [-0.2, 0) is 22.7 Å². The SMILES string of the molecule is O=C(Cc1ccccc1)OCn1c(=O)sc2ccccc21. The van der Waals surface area contributed by atoms with Gasteiger partial charge in [-0.15, -0.1) is 0 Å². The fourth-order valence-corrected chi connectivity index (χ4v) is 2.97. The van der Waals surface area contributed by atoms with E-state index in [1.54, 1.807) is 0 Å². The lowest BCUT2D eigenvalue weighted by molar-refractivity contribution is -0.146. The lowest BCUT2D eigenvalue weighted by Crippen LogP contribution is -2.18. The summed E-state index contributed by atoms with van der Waals surface area (Å²) in [5, 5.41) is 0. The van der Waals surface area contributed by atoms with Gasteiger partial charge in [-0.3, -0.25) is 14.2 Å². The van der Waals surface area contributed by atoms with Crippen molar-refractivity contribution in [2.75, 3.05) is 0 Å². The second kappa shape index (κ2) is 5.93. The normalized spacial score (nSPS) is 10.7. The van der Waals surface area contributed by atoms with Crippen molar-refractivity contribution in [3.63, 3.8) is 0 Å². The van der Waals surface area contributed by atoms with Crippen LogP contribution in [0.25, 0.3) is 10.2 Å². The number of carbonyl (C=O) groups is 1. The lowest BCUT2D eigenvalue weighted by Gasteiger charge is -2.06. The van der Waals surface area contributed by atoms with Gasteiger partial charge in [0.15, 0.2) is 6.73 Å². The molecule has 0 fully saturated rings. The molecule has 0 unspecified atom stereocenters. The highest BCUT2D eigenvalue weighted by molar-refractivity contribution is 7.16. The Bertz CT molecular complexity index is 820. The van der Waals surface area contributed by atoms with Gasteiger partial charge in [-0.1, -0.05) is 53.8 Å². The van der Waals surface area contributed by atoms with Crippen molar-refractivity contribution in [1.82, 2.24) is 4.57 Å². The summed E-state index contributed by atoms with van der Waals surface area (Å²) < 4.78 is 7.58. The molecule has 0 spiro atoms. The minimum absolute atomic E-state index is 0.0471. The third-order valence-electron chi connectivity index (χ3n) is 3.12. The molecule has 0 amide bonds. The Morgan fingerprint density at radius 2 is 1.76 bits per heavy atom. The van der Waals surface area contributed by atoms with Crippen LogP contribution in [0.2, 0.25) is 0 Å². The second-order valence-corrected chi connectivity index (χ2v) is 5.56. The first-order chi connectivity index (χ1) is 10.2. The molecule has 106 valence electrons. The van der Waals surface area contributed by atoms with Gasteiger partial charge in [-0.25, -0.2) is 0 Å². The zero-order valence-corrected chi connectivity index (χ0v) is 12.0. The van der Waals surface area contributed by atoms with Gasteiger partial charge in [-0.05, 0) is 17.7 Å². The molecular weight excluding hydrogens is 286 g/mol. The van der Waals surface area contributed by atoms with E-state index in [0.29, 0.717) is 0 Å². The van der Waals surface area contributed by atoms with Gasteiger partial charge in [0, 0.05) is 0 Å². The van der Waals surface area contributed by atoms with Gasteiger partial charge in [0.2, 0.25) is 0 Å². The first-order valence-electron chi connectivity index (χ1n) is 6.52. The van der Waals surface area contributed by atoms with E-state index in [-0.39, 0.29) is 24.0 Å². The van der Waals surface area contributed by atoms with E-state index in [9.17, 15) is 9.59 Å². The fraction of sp³-hybridized carbons (Fsp3) is 0.125. The quantitative estimate of drug-likeness (QED) is 0.696. The average molecular weight is 299 g/mol. The van der Waals surface area contributed by atoms with E-state index in [0.717, 1.165) is 27.1 Å². The van der Waals surface area contributed by atoms with Gasteiger partial charge >= 0.3 is 10.8 Å². The molecule has 0 bridgehead atoms. The maximum absolute atomic E-state index is 11.9. The number of thiazole rings is 1. The Labute approximate surface area is 125 Å². The maximum Gasteiger partial charge on any atom is 0.311 e. The highest BCUT2D eigenvalue weighted by Crippen LogP contribution is 2.16. The molecule has 1 heterocycles. The van der Waals surface area contributed by atoms with E-state index >= 15 is 0 Å². The summed E-state index contributed by atoms with van der Waals surface area (Å²) in [5.74, 6) is -0.344. The minimum Gasteiger partial charge on any atom is -0.443 e. The number of nitrogens with zero attached hydrogens (tertiary/aromatic N) is 1. The van der Waals surface area contributed by atoms with Crippen molar-refractivity contribution < 1.29 is 9.53 Å². The van der Waals surface area contributed by atoms with Crippen LogP contribution < -0.4 is 4.87 Å². The highest BCUT2D eigenvalue weighted by atomic mass is 32.1. The van der Waals surface area contributed by atoms with Gasteiger partial charge in [-0.2, -0.15) is 0 Å². The smallest absolute Gasteiger partial charge is 0.311 e. The van der Waals surface area contributed by atoms with Crippen molar-refractivity contribution in [3.05, 3.63) is 69.8 Å². The molecule has 0 aliphatic heterocycles. The largest absolute Gasteiger partial charge is 0.443 e. The fourth-order valence-electron chi connectivity index (χ4n) is 2.09. The molecule has 5 heteroatoms. The van der Waals surface area contributed by atoms with Crippen LogP contribution in [0.4, 0.5) is 0 Å². The average Bonchev–Trinajstić information content (AvgIpc) is 2.81. The number of fused-ring (bicyclic) bond motifs is 1. The van der Waals surface area contributed by atoms with Gasteiger partial charge in [0.1, 0.15) is 0 Å². The number of para-hydroxylation sites is 1. The Hall–Kier alpha value is -2.40. The van der Waals surface area contributed by atoms with E-state index in [1.165, 1.54) is 4.57 Å². The van der Waals surface area contributed by atoms with Crippen LogP contribution in [-0.4, -0.2) is 10.5 Å². The van der Waals surface area contributed by atoms with Crippen LogP contribution in [0.3, 0.4) is 0 Å². The molecule has 1 aromatic heterocycles. The zero-order valence-electron chi connectivity index (χ0n) is 11.2. The maximum atomic E-state index is 11.9. The molecular formula is C16H13NO3S. The molecule has 21 heavy (non-hydrogen) atoms. The standard InChI is InChI=1S/C16H13NO3S/c18-15(10-12-6-2-1-3-7-12)20-11-17-13-8-4-5-9-14(13)21-16(17)19/h1-9H,10-11H2. The molecule has 0 saturated carbocycles. The van der Waals surface area contributed by atoms with Crippen molar-refractivity contribution in [3.8, 4) is 0 Å². The number of carbonyl (C=O) groups excluding carboxylic acids is 1. The number of rotatable bonds is 4. The third-order valence-corrected chi connectivity index (χ3v) is 4.08. The summed E-state index contributed by atoms with van der Waals surface area (Å²) in [5.41, 5.74) is 1.69. The predicted molar refractivity (Wildman–Crippen MR) is 82.3 cm³/mol. The summed E-state index contributed by atoms with van der Waals surface area (Å²) in [6.07, 6.45) is 0.206. The van der Waals surface area contributed by atoms with Crippen molar-refractivity contribution >= 4 is 27.5 Å². The third kappa shape index (κ3) is 3.03. The summed E-state index contributed by atoms with van der Waals surface area (Å²) >= 11 is 1.15. The first-order valence-corrected chi connectivity index (χ1v) is 7.33. The predicted octanol–water partition coefficient (Wildman–Crippen LogP) is 2.81. The molecule has 2 aromatic carbocycles. The van der Waals surface area contributed by atoms with Crippen LogP contribution in [0, 0.1) is 0 Å². The number of hydrogen-bond donors (Lipinski definition) is 0. The van der Waals surface area contributed by atoms with Crippen LogP contribution in [0.1, 0.15) is 5.56 Å². The summed E-state index contributed by atoms with van der Waals surface area (Å²) in [6.45, 7) is -0.0471. The Kier molecular flexibility index (Phi) is 3.83. The molecule has 3 rings (SSSR count). The Morgan fingerprint density at radius 1 is 1.05 bits per heavy atom.